The second-order valence-electron chi connectivity index (χ2n) is 8.95. The highest BCUT2D eigenvalue weighted by Crippen LogP contribution is 2.65. The van der Waals surface area contributed by atoms with Gasteiger partial charge in [0.15, 0.2) is 0 Å². The first-order valence-electron chi connectivity index (χ1n) is 10.8. The maximum atomic E-state index is 14.2. The number of amides is 1. The number of aliphatic imine (C=N–C) groups is 1. The summed E-state index contributed by atoms with van der Waals surface area (Å²) in [5, 5.41) is 1.45. The Hall–Kier alpha value is -3.26. The Morgan fingerprint density at radius 2 is 1.09 bits per heavy atom. The predicted octanol–water partition coefficient (Wildman–Crippen LogP) is 8.12. The molecule has 1 amide bonds. The fraction of sp³-hybridized carbons (Fsp3) is 0.619. The van der Waals surface area contributed by atoms with Gasteiger partial charge in [0.05, 0.1) is 5.69 Å². The molecule has 1 aromatic rings. The smallest absolute Gasteiger partial charge is 0.349 e. The van der Waals surface area contributed by atoms with Crippen LogP contribution in [0, 0.1) is 6.92 Å². The molecule has 44 heavy (non-hydrogen) atoms. The van der Waals surface area contributed by atoms with Gasteiger partial charge < -0.3 is 5.32 Å². The molecule has 0 heterocycles. The zero-order chi connectivity index (χ0) is 35.3. The van der Waals surface area contributed by atoms with Gasteiger partial charge in [-0.15, -0.1) is 0 Å². The lowest BCUT2D eigenvalue weighted by Gasteiger charge is -2.44. The van der Waals surface area contributed by atoms with E-state index in [1.807, 2.05) is 0 Å². The number of isocyanates is 1. The topological polar surface area (TPSA) is 58.5 Å². The van der Waals surface area contributed by atoms with Crippen LogP contribution >= 0.6 is 0 Å². The number of nitrogens with one attached hydrogen (secondary N) is 1. The minimum atomic E-state index is -9.01. The summed E-state index contributed by atoms with van der Waals surface area (Å²) in [7, 11) is 0. The molecule has 0 aliphatic rings. The molecule has 0 aromatic heterocycles. The molecule has 1 aromatic carbocycles. The van der Waals surface area contributed by atoms with Crippen LogP contribution in [0.5, 0.6) is 0 Å². The number of carbonyl (C=O) groups excluding carboxylic acids is 2. The third kappa shape index (κ3) is 5.66. The molecule has 0 saturated carbocycles. The van der Waals surface area contributed by atoms with Crippen molar-refractivity contribution in [2.24, 2.45) is 4.99 Å². The van der Waals surface area contributed by atoms with Gasteiger partial charge in [-0.1, -0.05) is 6.07 Å². The Bertz CT molecular complexity index is 1280. The number of nitrogens with zero attached hydrogens (tertiary/aromatic N) is 1. The molecule has 0 bridgehead atoms. The van der Waals surface area contributed by atoms with Gasteiger partial charge in [0.1, 0.15) is 0 Å². The number of halogens is 19. The zero-order valence-electron chi connectivity index (χ0n) is 21.0. The van der Waals surface area contributed by atoms with Crippen LogP contribution in [0.15, 0.2) is 23.2 Å². The summed E-state index contributed by atoms with van der Waals surface area (Å²) in [5.41, 5.74) is -1.03. The lowest BCUT2D eigenvalue weighted by atomic mass is 9.86. The standard InChI is InChI=1S/C21H13F19N2O2/c1-8(42-12(44)10-4-3-5-11(9(10)2)41-7-43)6-13(22,23)14(24,25)15(26,27)16(28,29)17(30,31)18(32,33)19(34,35)20(36,37)21(38,39)40/h3-5,8H,6H2,1-2H3,(H,42,44). The molecule has 23 heteroatoms. The van der Waals surface area contributed by atoms with E-state index in [1.54, 1.807) is 0 Å². The lowest BCUT2D eigenvalue weighted by molar-refractivity contribution is -0.468. The summed E-state index contributed by atoms with van der Waals surface area (Å²) < 4.78 is 255. The third-order valence-corrected chi connectivity index (χ3v) is 5.84. The second kappa shape index (κ2) is 11.3. The number of hydrogen-bond acceptors (Lipinski definition) is 3. The summed E-state index contributed by atoms with van der Waals surface area (Å²) in [6.45, 7) is 1.37. The minimum Gasteiger partial charge on any atom is -0.349 e. The van der Waals surface area contributed by atoms with E-state index in [1.165, 1.54) is 5.32 Å². The summed E-state index contributed by atoms with van der Waals surface area (Å²) in [5.74, 6) is -68.9. The Kier molecular flexibility index (Phi) is 9.93. The van der Waals surface area contributed by atoms with Gasteiger partial charge in [0, 0.05) is 18.0 Å². The van der Waals surface area contributed by atoms with Gasteiger partial charge >= 0.3 is 53.6 Å². The first-order chi connectivity index (χ1) is 19.2. The molecule has 0 fully saturated rings. The van der Waals surface area contributed by atoms with E-state index in [0.29, 0.717) is 6.92 Å². The normalized spacial score (nSPS) is 15.5. The van der Waals surface area contributed by atoms with Gasteiger partial charge in [-0.05, 0) is 31.5 Å². The molecule has 1 atom stereocenters. The Morgan fingerprint density at radius 3 is 1.48 bits per heavy atom. The van der Waals surface area contributed by atoms with E-state index in [0.717, 1.165) is 31.2 Å². The monoisotopic (exact) mass is 686 g/mol. The van der Waals surface area contributed by atoms with Crippen molar-refractivity contribution in [3.63, 3.8) is 0 Å². The average Bonchev–Trinajstić information content (AvgIpc) is 2.83. The molecule has 0 spiro atoms. The molecule has 0 aliphatic heterocycles. The molecule has 252 valence electrons. The Labute approximate surface area is 231 Å². The van der Waals surface area contributed by atoms with Crippen molar-refractivity contribution >= 4 is 17.7 Å². The van der Waals surface area contributed by atoms with E-state index >= 15 is 0 Å². The summed E-state index contributed by atoms with van der Waals surface area (Å²) in [4.78, 5) is 25.8. The number of rotatable bonds is 12. The molecule has 1 rings (SSSR count). The third-order valence-electron chi connectivity index (χ3n) is 5.84. The molecule has 1 unspecified atom stereocenters. The summed E-state index contributed by atoms with van der Waals surface area (Å²) in [6, 6.07) is 0.458. The van der Waals surface area contributed by atoms with E-state index in [2.05, 4.69) is 4.99 Å². The first kappa shape index (κ1) is 38.8. The van der Waals surface area contributed by atoms with Gasteiger partial charge in [0.2, 0.25) is 6.08 Å². The highest BCUT2D eigenvalue weighted by atomic mass is 19.4. The Morgan fingerprint density at radius 1 is 0.705 bits per heavy atom. The fourth-order valence-electron chi connectivity index (χ4n) is 3.30. The SMILES string of the molecule is Cc1c(N=C=O)cccc1C(=O)NC(C)CC(F)(F)C(F)(F)C(F)(F)C(F)(F)C(F)(F)C(F)(F)C(F)(F)C(F)(F)C(F)(F)F. The van der Waals surface area contributed by atoms with Crippen molar-refractivity contribution in [2.75, 3.05) is 0 Å². The Balaban J connectivity index is 3.50. The van der Waals surface area contributed by atoms with Crippen LogP contribution in [-0.4, -0.2) is 71.6 Å². The van der Waals surface area contributed by atoms with Gasteiger partial charge in [-0.25, -0.2) is 4.79 Å². The number of alkyl halides is 19. The van der Waals surface area contributed by atoms with E-state index in [4.69, 9.17) is 0 Å². The maximum absolute atomic E-state index is 14.2. The van der Waals surface area contributed by atoms with Crippen LogP contribution < -0.4 is 5.32 Å². The van der Waals surface area contributed by atoms with Crippen LogP contribution in [0.1, 0.15) is 29.3 Å². The van der Waals surface area contributed by atoms with E-state index in [9.17, 15) is 93.0 Å². The molecule has 4 nitrogen and oxygen atoms in total. The number of carbonyl (C=O) groups is 1. The predicted molar refractivity (Wildman–Crippen MR) is 106 cm³/mol. The van der Waals surface area contributed by atoms with Crippen molar-refractivity contribution in [2.45, 2.75) is 79.9 Å². The van der Waals surface area contributed by atoms with Gasteiger partial charge in [0.25, 0.3) is 5.91 Å². The molecule has 0 radical (unpaired) electrons. The van der Waals surface area contributed by atoms with Crippen LogP contribution in [-0.2, 0) is 4.79 Å². The zero-order valence-corrected chi connectivity index (χ0v) is 21.0. The summed E-state index contributed by atoms with van der Waals surface area (Å²) >= 11 is 0. The largest absolute Gasteiger partial charge is 0.460 e. The minimum absolute atomic E-state index is 0.208. The lowest BCUT2D eigenvalue weighted by Crippen LogP contribution is -2.75. The highest BCUT2D eigenvalue weighted by Gasteiger charge is 2.96. The van der Waals surface area contributed by atoms with E-state index < -0.39 is 77.5 Å². The number of hydrogen-bond donors (Lipinski definition) is 1. The highest BCUT2D eigenvalue weighted by molar-refractivity contribution is 5.97. The molecular formula is C21H13F19N2O2. The van der Waals surface area contributed by atoms with Gasteiger partial charge in [-0.3, -0.25) is 4.79 Å². The molecule has 0 saturated heterocycles. The maximum Gasteiger partial charge on any atom is 0.460 e. The first-order valence-corrected chi connectivity index (χ1v) is 10.8. The molecule has 0 aliphatic carbocycles. The quantitative estimate of drug-likeness (QED) is 0.137. The van der Waals surface area contributed by atoms with Crippen molar-refractivity contribution in [1.82, 2.24) is 5.32 Å². The van der Waals surface area contributed by atoms with Gasteiger partial charge in [-0.2, -0.15) is 88.4 Å². The van der Waals surface area contributed by atoms with Crippen LogP contribution in [0.4, 0.5) is 89.1 Å². The molecular weight excluding hydrogens is 673 g/mol. The second-order valence-corrected chi connectivity index (χ2v) is 8.95. The van der Waals surface area contributed by atoms with Crippen molar-refractivity contribution in [3.8, 4) is 0 Å². The molecule has 1 N–H and O–H groups in total. The van der Waals surface area contributed by atoms with Crippen LogP contribution in [0.25, 0.3) is 0 Å². The van der Waals surface area contributed by atoms with Crippen molar-refractivity contribution < 1.29 is 93.0 Å². The van der Waals surface area contributed by atoms with Crippen molar-refractivity contribution in [1.29, 1.82) is 0 Å². The van der Waals surface area contributed by atoms with E-state index in [-0.39, 0.29) is 11.3 Å². The average molecular weight is 686 g/mol. The van der Waals surface area contributed by atoms with Crippen LogP contribution in [0.2, 0.25) is 0 Å². The number of benzene rings is 1. The fourth-order valence-corrected chi connectivity index (χ4v) is 3.30. The van der Waals surface area contributed by atoms with Crippen molar-refractivity contribution in [3.05, 3.63) is 29.3 Å². The van der Waals surface area contributed by atoms with Crippen LogP contribution in [0.3, 0.4) is 0 Å². The summed E-state index contributed by atoms with van der Waals surface area (Å²) in [6.07, 6.45) is -9.83.